The van der Waals surface area contributed by atoms with Crippen molar-refractivity contribution in [3.8, 4) is 23.0 Å². The Labute approximate surface area is 307 Å². The van der Waals surface area contributed by atoms with Crippen LogP contribution in [0.5, 0.6) is 23.0 Å². The van der Waals surface area contributed by atoms with E-state index < -0.39 is 11.2 Å². The fourth-order valence-corrected chi connectivity index (χ4v) is 7.88. The number of rotatable bonds is 14. The van der Waals surface area contributed by atoms with Gasteiger partial charge in [-0.05, 0) is 85.8 Å². The molecular formula is C42H52O10. The van der Waals surface area contributed by atoms with Crippen LogP contribution in [0.3, 0.4) is 0 Å². The van der Waals surface area contributed by atoms with Gasteiger partial charge in [0, 0.05) is 24.0 Å². The SMILES string of the molecule is C=CC[C@H]1C[C@]2(C(C)Cc3ccc(OC)c(OC)c3)OCOC2=CC1=O.C=CC[C@H]1C[C@]2(C(C)Cc3ccc(OC)c(OC)c3)OCOC2=CC1=O. The molecule has 0 spiro atoms. The summed E-state index contributed by atoms with van der Waals surface area (Å²) < 4.78 is 44.9. The third kappa shape index (κ3) is 7.78. The molecule has 2 saturated heterocycles. The van der Waals surface area contributed by atoms with Crippen LogP contribution in [0.1, 0.15) is 50.7 Å². The van der Waals surface area contributed by atoms with Crippen LogP contribution in [0.15, 0.2) is 85.4 Å². The van der Waals surface area contributed by atoms with Gasteiger partial charge in [0.1, 0.15) is 22.7 Å². The fourth-order valence-electron chi connectivity index (χ4n) is 7.88. The number of carbonyl (C=O) groups is 2. The quantitative estimate of drug-likeness (QED) is 0.184. The number of ether oxygens (including phenoxy) is 8. The molecule has 0 bridgehead atoms. The Hall–Kier alpha value is -4.54. The van der Waals surface area contributed by atoms with Crippen molar-refractivity contribution in [3.63, 3.8) is 0 Å². The molecule has 10 nitrogen and oxygen atoms in total. The van der Waals surface area contributed by atoms with E-state index in [1.165, 1.54) is 0 Å². The number of methoxy groups -OCH3 is 4. The molecule has 52 heavy (non-hydrogen) atoms. The molecule has 10 heteroatoms. The lowest BCUT2D eigenvalue weighted by Gasteiger charge is -2.38. The van der Waals surface area contributed by atoms with E-state index in [1.54, 1.807) is 52.7 Å². The number of ketones is 2. The van der Waals surface area contributed by atoms with E-state index >= 15 is 0 Å². The Morgan fingerprint density at radius 2 is 1.06 bits per heavy atom. The predicted molar refractivity (Wildman–Crippen MR) is 196 cm³/mol. The summed E-state index contributed by atoms with van der Waals surface area (Å²) in [6.07, 6.45) is 10.9. The number of fused-ring (bicyclic) bond motifs is 2. The zero-order valence-corrected chi connectivity index (χ0v) is 31.2. The Bertz CT molecular complexity index is 1570. The Morgan fingerprint density at radius 1 is 0.673 bits per heavy atom. The molecule has 2 aliphatic heterocycles. The van der Waals surface area contributed by atoms with Gasteiger partial charge in [-0.25, -0.2) is 0 Å². The van der Waals surface area contributed by atoms with Crippen molar-refractivity contribution in [3.05, 3.63) is 96.5 Å². The predicted octanol–water partition coefficient (Wildman–Crippen LogP) is 7.35. The molecule has 6 atom stereocenters. The van der Waals surface area contributed by atoms with Crippen LogP contribution in [0.4, 0.5) is 0 Å². The minimum Gasteiger partial charge on any atom is -0.493 e. The molecule has 2 aliphatic carbocycles. The molecule has 4 aliphatic rings. The maximum Gasteiger partial charge on any atom is 0.189 e. The Balaban J connectivity index is 0.000000201. The Kier molecular flexibility index (Phi) is 12.5. The second kappa shape index (κ2) is 16.9. The van der Waals surface area contributed by atoms with Crippen molar-refractivity contribution >= 4 is 11.6 Å². The minimum atomic E-state index is -0.561. The maximum atomic E-state index is 12.3. The van der Waals surface area contributed by atoms with E-state index in [1.807, 2.05) is 36.4 Å². The summed E-state index contributed by atoms with van der Waals surface area (Å²) in [7, 11) is 6.51. The lowest BCUT2D eigenvalue weighted by molar-refractivity contribution is -0.123. The van der Waals surface area contributed by atoms with Crippen molar-refractivity contribution < 1.29 is 47.5 Å². The maximum absolute atomic E-state index is 12.3. The van der Waals surface area contributed by atoms with Gasteiger partial charge in [0.25, 0.3) is 0 Å². The molecule has 6 rings (SSSR count). The van der Waals surface area contributed by atoms with Gasteiger partial charge < -0.3 is 37.9 Å². The van der Waals surface area contributed by atoms with Crippen LogP contribution in [0, 0.1) is 23.7 Å². The highest BCUT2D eigenvalue weighted by Gasteiger charge is 2.52. The van der Waals surface area contributed by atoms with Gasteiger partial charge in [-0.3, -0.25) is 9.59 Å². The molecule has 2 aromatic carbocycles. The molecule has 2 fully saturated rings. The van der Waals surface area contributed by atoms with Crippen molar-refractivity contribution in [1.29, 1.82) is 0 Å². The van der Waals surface area contributed by atoms with E-state index in [9.17, 15) is 9.59 Å². The first kappa shape index (κ1) is 38.7. The summed E-state index contributed by atoms with van der Waals surface area (Å²) in [5, 5.41) is 0. The van der Waals surface area contributed by atoms with Crippen LogP contribution in [-0.4, -0.2) is 64.8 Å². The topological polar surface area (TPSA) is 108 Å². The van der Waals surface area contributed by atoms with Crippen LogP contribution in [0.25, 0.3) is 0 Å². The third-order valence-corrected chi connectivity index (χ3v) is 10.8. The highest BCUT2D eigenvalue weighted by Crippen LogP contribution is 2.48. The summed E-state index contributed by atoms with van der Waals surface area (Å²) in [6.45, 7) is 12.2. The van der Waals surface area contributed by atoms with Gasteiger partial charge in [-0.2, -0.15) is 0 Å². The van der Waals surface area contributed by atoms with Crippen molar-refractivity contribution in [1.82, 2.24) is 0 Å². The van der Waals surface area contributed by atoms with Gasteiger partial charge in [-0.1, -0.05) is 38.1 Å². The van der Waals surface area contributed by atoms with Gasteiger partial charge in [-0.15, -0.1) is 13.2 Å². The largest absolute Gasteiger partial charge is 0.493 e. The molecule has 0 radical (unpaired) electrons. The van der Waals surface area contributed by atoms with Gasteiger partial charge in [0.15, 0.2) is 48.2 Å². The zero-order valence-electron chi connectivity index (χ0n) is 31.2. The molecule has 0 saturated carbocycles. The monoisotopic (exact) mass is 716 g/mol. The zero-order chi connectivity index (χ0) is 37.5. The van der Waals surface area contributed by atoms with Crippen molar-refractivity contribution in [2.75, 3.05) is 42.0 Å². The summed E-state index contributed by atoms with van der Waals surface area (Å²) in [4.78, 5) is 24.6. The van der Waals surface area contributed by atoms with Crippen LogP contribution in [-0.2, 0) is 41.4 Å². The second-order valence-electron chi connectivity index (χ2n) is 13.9. The average Bonchev–Trinajstić information content (AvgIpc) is 3.77. The highest BCUT2D eigenvalue weighted by atomic mass is 16.7. The number of allylic oxidation sites excluding steroid dienone is 4. The molecule has 280 valence electrons. The molecule has 2 unspecified atom stereocenters. The molecule has 2 heterocycles. The van der Waals surface area contributed by atoms with Crippen molar-refractivity contribution in [2.24, 2.45) is 23.7 Å². The van der Waals surface area contributed by atoms with Crippen LogP contribution < -0.4 is 18.9 Å². The highest BCUT2D eigenvalue weighted by molar-refractivity contribution is 5.94. The molecule has 0 amide bonds. The standard InChI is InChI=1S/2C21H26O5/c2*1-5-6-16-12-21(20(11-17(16)22)25-13-26-21)14(2)9-15-7-8-18(23-3)19(10-15)24-4/h2*5,7-8,10-11,14,16H,1,6,9,12-13H2,2-4H3/t2*14?,16-,21+/m00/s1. The van der Waals surface area contributed by atoms with Crippen molar-refractivity contribution in [2.45, 2.75) is 63.6 Å². The van der Waals surface area contributed by atoms with Crippen LogP contribution >= 0.6 is 0 Å². The number of carbonyl (C=O) groups excluding carboxylic acids is 2. The first-order valence-corrected chi connectivity index (χ1v) is 17.8. The van der Waals surface area contributed by atoms with Gasteiger partial charge >= 0.3 is 0 Å². The first-order chi connectivity index (χ1) is 25.1. The van der Waals surface area contributed by atoms with E-state index in [2.05, 4.69) is 27.0 Å². The fraction of sp³-hybridized carbons (Fsp3) is 0.476. The molecular weight excluding hydrogens is 664 g/mol. The molecule has 0 N–H and O–H groups in total. The average molecular weight is 717 g/mol. The summed E-state index contributed by atoms with van der Waals surface area (Å²) >= 11 is 0. The third-order valence-electron chi connectivity index (χ3n) is 10.8. The molecule has 2 aromatic rings. The second-order valence-corrected chi connectivity index (χ2v) is 13.9. The van der Waals surface area contributed by atoms with E-state index in [0.29, 0.717) is 60.2 Å². The first-order valence-electron chi connectivity index (χ1n) is 17.8. The van der Waals surface area contributed by atoms with E-state index in [0.717, 1.165) is 24.0 Å². The molecule has 0 aromatic heterocycles. The number of hydrogen-bond donors (Lipinski definition) is 0. The van der Waals surface area contributed by atoms with E-state index in [-0.39, 0.29) is 48.8 Å². The minimum absolute atomic E-state index is 0.0966. The summed E-state index contributed by atoms with van der Waals surface area (Å²) in [5.41, 5.74) is 1.12. The number of benzene rings is 2. The number of hydrogen-bond acceptors (Lipinski definition) is 10. The van der Waals surface area contributed by atoms with Crippen LogP contribution in [0.2, 0.25) is 0 Å². The van der Waals surface area contributed by atoms with Gasteiger partial charge in [0.05, 0.1) is 28.4 Å². The smallest absolute Gasteiger partial charge is 0.189 e. The summed E-state index contributed by atoms with van der Waals surface area (Å²) in [6, 6.07) is 11.9. The van der Waals surface area contributed by atoms with E-state index in [4.69, 9.17) is 37.9 Å². The lowest BCUT2D eigenvalue weighted by Crippen LogP contribution is -2.44. The normalized spacial score (nSPS) is 25.7. The summed E-state index contributed by atoms with van der Waals surface area (Å²) in [5.74, 6) is 4.40. The Morgan fingerprint density at radius 3 is 1.40 bits per heavy atom. The van der Waals surface area contributed by atoms with Gasteiger partial charge in [0.2, 0.25) is 0 Å². The lowest BCUT2D eigenvalue weighted by atomic mass is 9.71.